The SMILES string of the molecule is C[C@]12CC[C@H](O)CC1=CC[C@H]1[C@@H]2CC[C@@]2(C)c3[nH]ncc3C[C@@H]12. The molecule has 1 heterocycles. The van der Waals surface area contributed by atoms with Crippen molar-refractivity contribution in [2.45, 2.75) is 70.3 Å². The standard InChI is InChI=1S/C20H28N2O/c1-19-7-5-14(23)10-13(19)3-4-15-16(19)6-8-20(2)17(15)9-12-11-21-22-18(12)20/h3,11,14-17,23H,4-10H2,1-2H3,(H,21,22)/t14-,15-,16-,17-,19-,20+/m0/s1. The van der Waals surface area contributed by atoms with E-state index in [1.807, 2.05) is 0 Å². The summed E-state index contributed by atoms with van der Waals surface area (Å²) in [6.07, 6.45) is 12.6. The van der Waals surface area contributed by atoms with E-state index in [4.69, 9.17) is 0 Å². The fourth-order valence-corrected chi connectivity index (χ4v) is 6.85. The highest BCUT2D eigenvalue weighted by molar-refractivity contribution is 5.36. The predicted molar refractivity (Wildman–Crippen MR) is 90.0 cm³/mol. The van der Waals surface area contributed by atoms with Gasteiger partial charge >= 0.3 is 0 Å². The number of H-pyrrole nitrogens is 1. The molecule has 2 saturated carbocycles. The van der Waals surface area contributed by atoms with Crippen LogP contribution in [0, 0.1) is 23.2 Å². The van der Waals surface area contributed by atoms with Crippen LogP contribution in [0.1, 0.15) is 63.6 Å². The van der Waals surface area contributed by atoms with Crippen LogP contribution < -0.4 is 0 Å². The van der Waals surface area contributed by atoms with Crippen LogP contribution in [0.3, 0.4) is 0 Å². The van der Waals surface area contributed by atoms with E-state index in [1.54, 1.807) is 5.57 Å². The lowest BCUT2D eigenvalue weighted by atomic mass is 9.48. The van der Waals surface area contributed by atoms with E-state index in [0.717, 1.165) is 30.6 Å². The Morgan fingerprint density at radius 3 is 2.83 bits per heavy atom. The van der Waals surface area contributed by atoms with E-state index in [2.05, 4.69) is 36.3 Å². The van der Waals surface area contributed by atoms with Gasteiger partial charge in [0.2, 0.25) is 0 Å². The summed E-state index contributed by atoms with van der Waals surface area (Å²) in [5.74, 6) is 2.38. The topological polar surface area (TPSA) is 48.9 Å². The van der Waals surface area contributed by atoms with Gasteiger partial charge in [0, 0.05) is 11.1 Å². The summed E-state index contributed by atoms with van der Waals surface area (Å²) >= 11 is 0. The summed E-state index contributed by atoms with van der Waals surface area (Å²) < 4.78 is 0. The molecule has 0 aromatic carbocycles. The molecule has 0 radical (unpaired) electrons. The van der Waals surface area contributed by atoms with Crippen molar-refractivity contribution in [3.8, 4) is 0 Å². The normalized spacial score (nSPS) is 48.0. The number of rotatable bonds is 0. The Hall–Kier alpha value is -1.09. The second kappa shape index (κ2) is 4.50. The molecule has 0 spiro atoms. The molecule has 2 N–H and O–H groups in total. The molecule has 1 aromatic heterocycles. The number of aliphatic hydroxyl groups is 1. The third-order valence-corrected chi connectivity index (χ3v) is 8.20. The Kier molecular flexibility index (Phi) is 2.79. The molecule has 3 nitrogen and oxygen atoms in total. The summed E-state index contributed by atoms with van der Waals surface area (Å²) in [6.45, 7) is 4.98. The highest BCUT2D eigenvalue weighted by Gasteiger charge is 2.57. The fourth-order valence-electron chi connectivity index (χ4n) is 6.85. The van der Waals surface area contributed by atoms with Gasteiger partial charge in [0.1, 0.15) is 0 Å². The van der Waals surface area contributed by atoms with Gasteiger partial charge in [-0.15, -0.1) is 0 Å². The van der Waals surface area contributed by atoms with E-state index in [9.17, 15) is 5.11 Å². The molecule has 0 amide bonds. The minimum absolute atomic E-state index is 0.0999. The van der Waals surface area contributed by atoms with Gasteiger partial charge in [0.05, 0.1) is 12.3 Å². The Morgan fingerprint density at radius 1 is 1.13 bits per heavy atom. The van der Waals surface area contributed by atoms with Gasteiger partial charge in [-0.3, -0.25) is 5.10 Å². The highest BCUT2D eigenvalue weighted by Crippen LogP contribution is 2.63. The van der Waals surface area contributed by atoms with Crippen molar-refractivity contribution >= 4 is 0 Å². The summed E-state index contributed by atoms with van der Waals surface area (Å²) in [5, 5.41) is 17.7. The molecule has 0 unspecified atom stereocenters. The predicted octanol–water partition coefficient (Wildman–Crippen LogP) is 3.75. The monoisotopic (exact) mass is 312 g/mol. The van der Waals surface area contributed by atoms with Gasteiger partial charge in [-0.1, -0.05) is 25.5 Å². The first-order valence-corrected chi connectivity index (χ1v) is 9.43. The Morgan fingerprint density at radius 2 is 1.96 bits per heavy atom. The molecule has 4 aliphatic rings. The van der Waals surface area contributed by atoms with Crippen LogP contribution in [0.5, 0.6) is 0 Å². The van der Waals surface area contributed by atoms with Crippen LogP contribution in [0.2, 0.25) is 0 Å². The van der Waals surface area contributed by atoms with Crippen LogP contribution >= 0.6 is 0 Å². The van der Waals surface area contributed by atoms with Crippen LogP contribution in [-0.4, -0.2) is 21.4 Å². The molecule has 0 saturated heterocycles. The van der Waals surface area contributed by atoms with Gasteiger partial charge in [-0.05, 0) is 73.7 Å². The Balaban J connectivity index is 1.53. The number of nitrogens with one attached hydrogen (secondary N) is 1. The van der Waals surface area contributed by atoms with E-state index < -0.39 is 0 Å². The van der Waals surface area contributed by atoms with E-state index in [-0.39, 0.29) is 6.10 Å². The first kappa shape index (κ1) is 14.3. The first-order valence-electron chi connectivity index (χ1n) is 9.43. The number of aliphatic hydroxyl groups excluding tert-OH is 1. The third kappa shape index (κ3) is 1.72. The maximum Gasteiger partial charge on any atom is 0.0577 e. The van der Waals surface area contributed by atoms with E-state index in [1.165, 1.54) is 43.4 Å². The van der Waals surface area contributed by atoms with Crippen molar-refractivity contribution in [1.82, 2.24) is 10.2 Å². The van der Waals surface area contributed by atoms with Crippen molar-refractivity contribution in [1.29, 1.82) is 0 Å². The quantitative estimate of drug-likeness (QED) is 0.717. The van der Waals surface area contributed by atoms with Crippen molar-refractivity contribution in [2.75, 3.05) is 0 Å². The van der Waals surface area contributed by atoms with Gasteiger partial charge in [0.15, 0.2) is 0 Å². The number of hydrogen-bond acceptors (Lipinski definition) is 2. The summed E-state index contributed by atoms with van der Waals surface area (Å²) in [5.41, 5.74) is 5.12. The van der Waals surface area contributed by atoms with Gasteiger partial charge in [-0.25, -0.2) is 0 Å². The second-order valence-corrected chi connectivity index (χ2v) is 9.09. The average molecular weight is 312 g/mol. The number of aromatic amines is 1. The van der Waals surface area contributed by atoms with E-state index >= 15 is 0 Å². The summed E-state index contributed by atoms with van der Waals surface area (Å²) in [7, 11) is 0. The lowest BCUT2D eigenvalue weighted by Crippen LogP contribution is -2.51. The smallest absolute Gasteiger partial charge is 0.0577 e. The molecule has 2 fully saturated rings. The highest BCUT2D eigenvalue weighted by atomic mass is 16.3. The van der Waals surface area contributed by atoms with Crippen LogP contribution in [0.4, 0.5) is 0 Å². The summed E-state index contributed by atoms with van der Waals surface area (Å²) in [6, 6.07) is 0. The number of hydrogen-bond donors (Lipinski definition) is 2. The number of nitrogens with zero attached hydrogens (tertiary/aromatic N) is 1. The van der Waals surface area contributed by atoms with Crippen LogP contribution in [-0.2, 0) is 11.8 Å². The van der Waals surface area contributed by atoms with Gasteiger partial charge in [-0.2, -0.15) is 5.10 Å². The molecule has 0 bridgehead atoms. The van der Waals surface area contributed by atoms with Gasteiger partial charge < -0.3 is 5.11 Å². The van der Waals surface area contributed by atoms with Crippen molar-refractivity contribution in [3.05, 3.63) is 29.1 Å². The van der Waals surface area contributed by atoms with Crippen LogP contribution in [0.25, 0.3) is 0 Å². The molecular weight excluding hydrogens is 284 g/mol. The number of aromatic nitrogens is 2. The maximum atomic E-state index is 10.1. The number of fused-ring (bicyclic) bond motifs is 7. The van der Waals surface area contributed by atoms with Gasteiger partial charge in [0.25, 0.3) is 0 Å². The minimum Gasteiger partial charge on any atom is -0.393 e. The van der Waals surface area contributed by atoms with Crippen LogP contribution in [0.15, 0.2) is 17.8 Å². The molecule has 3 heteroatoms. The lowest BCUT2D eigenvalue weighted by Gasteiger charge is -2.57. The van der Waals surface area contributed by atoms with Crippen molar-refractivity contribution in [2.24, 2.45) is 23.2 Å². The molecule has 23 heavy (non-hydrogen) atoms. The molecule has 124 valence electrons. The molecule has 5 rings (SSSR count). The Bertz CT molecular complexity index is 677. The second-order valence-electron chi connectivity index (χ2n) is 9.09. The summed E-state index contributed by atoms with van der Waals surface area (Å²) in [4.78, 5) is 0. The van der Waals surface area contributed by atoms with E-state index in [0.29, 0.717) is 10.8 Å². The first-order chi connectivity index (χ1) is 11.0. The lowest BCUT2D eigenvalue weighted by molar-refractivity contribution is -0.0172. The van der Waals surface area contributed by atoms with Crippen molar-refractivity contribution in [3.63, 3.8) is 0 Å². The molecule has 4 aliphatic carbocycles. The zero-order chi connectivity index (χ0) is 15.8. The molecule has 6 atom stereocenters. The largest absolute Gasteiger partial charge is 0.393 e. The zero-order valence-electron chi connectivity index (χ0n) is 14.3. The third-order valence-electron chi connectivity index (χ3n) is 8.20. The maximum absolute atomic E-state index is 10.1. The molecule has 1 aromatic rings. The van der Waals surface area contributed by atoms with Crippen molar-refractivity contribution < 1.29 is 5.11 Å². The average Bonchev–Trinajstić information content (AvgIpc) is 3.09. The molecule has 0 aliphatic heterocycles. The molecular formula is C20H28N2O. The fraction of sp³-hybridized carbons (Fsp3) is 0.750. The minimum atomic E-state index is -0.0999. The number of allylic oxidation sites excluding steroid dienone is 1. The Labute approximate surface area is 138 Å². The zero-order valence-corrected chi connectivity index (χ0v) is 14.3.